The van der Waals surface area contributed by atoms with E-state index in [-0.39, 0.29) is 18.0 Å². The van der Waals surface area contributed by atoms with Gasteiger partial charge in [-0.3, -0.25) is 4.90 Å². The van der Waals surface area contributed by atoms with Gasteiger partial charge in [0.15, 0.2) is 0 Å². The lowest BCUT2D eigenvalue weighted by molar-refractivity contribution is -0.138. The molecule has 0 bridgehead atoms. The molecule has 0 aliphatic carbocycles. The lowest BCUT2D eigenvalue weighted by atomic mass is 9.99. The minimum Gasteiger partial charge on any atom is -0.380 e. The highest BCUT2D eigenvalue weighted by Gasteiger charge is 2.42. The molecule has 4 nitrogen and oxygen atoms in total. The Balaban J connectivity index is 2.04. The first-order chi connectivity index (χ1) is 16.2. The lowest BCUT2D eigenvalue weighted by Gasteiger charge is -2.48. The Kier molecular flexibility index (Phi) is 8.22. The molecule has 0 N–H and O–H groups in total. The van der Waals surface area contributed by atoms with E-state index in [2.05, 4.69) is 29.5 Å². The summed E-state index contributed by atoms with van der Waals surface area (Å²) in [5, 5.41) is 0. The van der Waals surface area contributed by atoms with Gasteiger partial charge in [0.05, 0.1) is 31.8 Å². The zero-order valence-electron chi connectivity index (χ0n) is 20.2. The van der Waals surface area contributed by atoms with Crippen molar-refractivity contribution in [1.82, 2.24) is 9.88 Å². The molecule has 2 unspecified atom stereocenters. The van der Waals surface area contributed by atoms with Crippen molar-refractivity contribution in [1.29, 1.82) is 0 Å². The SMILES string of the molecule is CCOCC(N1CCN(c2ncccc2C(F)(F)F)C(c2ccc(C(F)(F)F)cc2)C1)[Si](C)(C)C. The molecular formula is C24H31F6N3OSi. The molecule has 2 aromatic rings. The monoisotopic (exact) mass is 519 g/mol. The van der Waals surface area contributed by atoms with Gasteiger partial charge >= 0.3 is 12.4 Å². The van der Waals surface area contributed by atoms with Gasteiger partial charge in [0, 0.05) is 38.1 Å². The minimum absolute atomic E-state index is 0.104. The molecule has 1 saturated heterocycles. The van der Waals surface area contributed by atoms with Crippen LogP contribution in [-0.4, -0.2) is 56.5 Å². The molecule has 194 valence electrons. The van der Waals surface area contributed by atoms with Crippen LogP contribution >= 0.6 is 0 Å². The maximum atomic E-state index is 13.8. The number of anilines is 1. The molecule has 1 aromatic carbocycles. The Hall–Kier alpha value is -2.11. The van der Waals surface area contributed by atoms with Gasteiger partial charge in [0.2, 0.25) is 0 Å². The largest absolute Gasteiger partial charge is 0.419 e. The van der Waals surface area contributed by atoms with Crippen LogP contribution in [0.3, 0.4) is 0 Å². The van der Waals surface area contributed by atoms with Crippen LogP contribution in [0.1, 0.15) is 29.7 Å². The number of benzene rings is 1. The van der Waals surface area contributed by atoms with Gasteiger partial charge in [-0.15, -0.1) is 0 Å². The van der Waals surface area contributed by atoms with Crippen molar-refractivity contribution >= 4 is 13.9 Å². The third kappa shape index (κ3) is 6.56. The van der Waals surface area contributed by atoms with Gasteiger partial charge in [0.25, 0.3) is 0 Å². The van der Waals surface area contributed by atoms with Crippen molar-refractivity contribution in [2.45, 2.75) is 50.6 Å². The number of piperazine rings is 1. The van der Waals surface area contributed by atoms with Crippen LogP contribution in [0.25, 0.3) is 0 Å². The number of rotatable bonds is 7. The highest BCUT2D eigenvalue weighted by Crippen LogP contribution is 2.40. The highest BCUT2D eigenvalue weighted by molar-refractivity contribution is 6.77. The van der Waals surface area contributed by atoms with Crippen molar-refractivity contribution in [3.63, 3.8) is 0 Å². The first-order valence-electron chi connectivity index (χ1n) is 11.5. The summed E-state index contributed by atoms with van der Waals surface area (Å²) in [6.07, 6.45) is -7.80. The Morgan fingerprint density at radius 1 is 1.00 bits per heavy atom. The maximum absolute atomic E-state index is 13.8. The smallest absolute Gasteiger partial charge is 0.380 e. The summed E-state index contributed by atoms with van der Waals surface area (Å²) in [6.45, 7) is 10.7. The first-order valence-corrected chi connectivity index (χ1v) is 15.1. The second-order valence-electron chi connectivity index (χ2n) is 9.74. The molecule has 1 fully saturated rings. The van der Waals surface area contributed by atoms with Crippen LogP contribution in [0, 0.1) is 0 Å². The van der Waals surface area contributed by atoms with Crippen molar-refractivity contribution in [2.75, 3.05) is 37.7 Å². The van der Waals surface area contributed by atoms with E-state index in [1.54, 1.807) is 4.90 Å². The van der Waals surface area contributed by atoms with Crippen LogP contribution in [-0.2, 0) is 17.1 Å². The Morgan fingerprint density at radius 3 is 2.20 bits per heavy atom. The van der Waals surface area contributed by atoms with E-state index in [9.17, 15) is 26.3 Å². The van der Waals surface area contributed by atoms with Gasteiger partial charge in [0.1, 0.15) is 5.82 Å². The minimum atomic E-state index is -4.61. The zero-order chi connectivity index (χ0) is 26.0. The summed E-state index contributed by atoms with van der Waals surface area (Å²) in [7, 11) is -1.78. The fraction of sp³-hybridized carbons (Fsp3) is 0.542. The van der Waals surface area contributed by atoms with E-state index in [1.165, 1.54) is 24.4 Å². The second-order valence-corrected chi connectivity index (χ2v) is 15.1. The standard InChI is InChI=1S/C24H31F6N3OSi/c1-5-34-16-21(35(2,3)4)32-13-14-33(22-19(24(28,29)30)7-6-12-31-22)20(15-32)17-8-10-18(11-9-17)23(25,26)27/h6-12,20-21H,5,13-16H2,1-4H3. The zero-order valence-corrected chi connectivity index (χ0v) is 21.2. The summed E-state index contributed by atoms with van der Waals surface area (Å²) in [5.41, 5.74) is -1.05. The number of ether oxygens (including phenoxy) is 1. The summed E-state index contributed by atoms with van der Waals surface area (Å²) < 4.78 is 86.6. The quantitative estimate of drug-likeness (QED) is 0.319. The predicted molar refractivity (Wildman–Crippen MR) is 126 cm³/mol. The third-order valence-corrected chi connectivity index (χ3v) is 8.85. The third-order valence-electron chi connectivity index (χ3n) is 6.32. The average Bonchev–Trinajstić information content (AvgIpc) is 2.77. The number of halogens is 6. The fourth-order valence-corrected chi connectivity index (χ4v) is 6.45. The fourth-order valence-electron chi connectivity index (χ4n) is 4.50. The molecule has 0 spiro atoms. The number of hydrogen-bond acceptors (Lipinski definition) is 4. The number of alkyl halides is 6. The Labute approximate surface area is 202 Å². The van der Waals surface area contributed by atoms with Crippen LogP contribution in [0.15, 0.2) is 42.6 Å². The average molecular weight is 520 g/mol. The van der Waals surface area contributed by atoms with Gasteiger partial charge < -0.3 is 9.64 Å². The molecule has 0 radical (unpaired) electrons. The van der Waals surface area contributed by atoms with E-state index in [0.717, 1.165) is 18.2 Å². The van der Waals surface area contributed by atoms with E-state index >= 15 is 0 Å². The number of aromatic nitrogens is 1. The Morgan fingerprint density at radius 2 is 1.66 bits per heavy atom. The molecule has 11 heteroatoms. The first kappa shape index (κ1) is 27.5. The number of hydrogen-bond donors (Lipinski definition) is 0. The van der Waals surface area contributed by atoms with E-state index in [0.29, 0.717) is 31.9 Å². The van der Waals surface area contributed by atoms with Crippen molar-refractivity contribution in [3.05, 3.63) is 59.3 Å². The van der Waals surface area contributed by atoms with E-state index < -0.39 is 37.6 Å². The number of pyridine rings is 1. The normalized spacial score (nSPS) is 19.1. The summed E-state index contributed by atoms with van der Waals surface area (Å²) in [5.74, 6) is -0.209. The highest BCUT2D eigenvalue weighted by atomic mass is 28.3. The maximum Gasteiger partial charge on any atom is 0.419 e. The van der Waals surface area contributed by atoms with E-state index in [1.807, 2.05) is 6.92 Å². The Bertz CT molecular complexity index is 975. The summed E-state index contributed by atoms with van der Waals surface area (Å²) in [4.78, 5) is 7.85. The van der Waals surface area contributed by atoms with Crippen molar-refractivity contribution in [2.24, 2.45) is 0 Å². The van der Waals surface area contributed by atoms with Crippen LogP contribution in [0.2, 0.25) is 19.6 Å². The van der Waals surface area contributed by atoms with Crippen molar-refractivity contribution < 1.29 is 31.1 Å². The van der Waals surface area contributed by atoms with Gasteiger partial charge in [-0.2, -0.15) is 26.3 Å². The van der Waals surface area contributed by atoms with Crippen LogP contribution in [0.4, 0.5) is 32.2 Å². The molecule has 0 saturated carbocycles. The van der Waals surface area contributed by atoms with Gasteiger partial charge in [-0.1, -0.05) is 31.8 Å². The lowest BCUT2D eigenvalue weighted by Crippen LogP contribution is -2.60. The molecule has 1 aromatic heterocycles. The van der Waals surface area contributed by atoms with Crippen LogP contribution < -0.4 is 4.90 Å². The summed E-state index contributed by atoms with van der Waals surface area (Å²) >= 11 is 0. The van der Waals surface area contributed by atoms with E-state index in [4.69, 9.17) is 4.74 Å². The molecule has 35 heavy (non-hydrogen) atoms. The molecule has 1 aliphatic rings. The van der Waals surface area contributed by atoms with Crippen molar-refractivity contribution in [3.8, 4) is 0 Å². The molecule has 2 heterocycles. The summed E-state index contributed by atoms with van der Waals surface area (Å²) in [6, 6.07) is 6.27. The topological polar surface area (TPSA) is 28.6 Å². The van der Waals surface area contributed by atoms with Crippen LogP contribution in [0.5, 0.6) is 0 Å². The molecule has 1 aliphatic heterocycles. The van der Waals surface area contributed by atoms with Gasteiger partial charge in [-0.25, -0.2) is 4.98 Å². The van der Waals surface area contributed by atoms with Gasteiger partial charge in [-0.05, 0) is 36.8 Å². The molecule has 2 atom stereocenters. The second kappa shape index (κ2) is 10.5. The molecule has 0 amide bonds. The molecule has 3 rings (SSSR count). The number of nitrogens with zero attached hydrogens (tertiary/aromatic N) is 3. The molecular weight excluding hydrogens is 488 g/mol. The predicted octanol–water partition coefficient (Wildman–Crippen LogP) is 6.27.